The van der Waals surface area contributed by atoms with Crippen LogP contribution in [0, 0.1) is 11.6 Å². The van der Waals surface area contributed by atoms with Crippen molar-refractivity contribution >= 4 is 23.3 Å². The number of aromatic nitrogens is 2. The Morgan fingerprint density at radius 1 is 1.11 bits per heavy atom. The maximum atomic E-state index is 14.2. The maximum absolute atomic E-state index is 14.2. The Hall–Kier alpha value is -3.92. The van der Waals surface area contributed by atoms with Gasteiger partial charge in [-0.15, -0.1) is 0 Å². The normalized spacial score (nSPS) is 19.7. The predicted octanol–water partition coefficient (Wildman–Crippen LogP) is 3.78. The van der Waals surface area contributed by atoms with Crippen molar-refractivity contribution in [1.82, 2.24) is 9.97 Å². The molecule has 1 amide bonds. The first-order valence-corrected chi connectivity index (χ1v) is 11.1. The lowest BCUT2D eigenvalue weighted by Gasteiger charge is -2.34. The first-order valence-electron chi connectivity index (χ1n) is 11.1. The van der Waals surface area contributed by atoms with E-state index in [2.05, 4.69) is 15.3 Å². The summed E-state index contributed by atoms with van der Waals surface area (Å²) < 4.78 is 33.8. The third-order valence-corrected chi connectivity index (χ3v) is 6.05. The number of nitrogen functional groups attached to an aromatic ring is 1. The van der Waals surface area contributed by atoms with Crippen LogP contribution in [0.1, 0.15) is 48.2 Å². The zero-order valence-electron chi connectivity index (χ0n) is 19.0. The molecule has 0 unspecified atom stereocenters. The monoisotopic (exact) mass is 481 g/mol. The van der Waals surface area contributed by atoms with E-state index in [-0.39, 0.29) is 46.7 Å². The van der Waals surface area contributed by atoms with Crippen molar-refractivity contribution in [2.24, 2.45) is 5.73 Å². The van der Waals surface area contributed by atoms with E-state index in [1.807, 2.05) is 0 Å². The fourth-order valence-corrected chi connectivity index (χ4v) is 4.40. The predicted molar refractivity (Wildman–Crippen MR) is 126 cm³/mol. The molecule has 0 bridgehead atoms. The molecule has 4 rings (SSSR count). The minimum absolute atomic E-state index is 0.000686. The van der Waals surface area contributed by atoms with Crippen LogP contribution in [0.15, 0.2) is 48.8 Å². The van der Waals surface area contributed by atoms with Gasteiger partial charge in [0.25, 0.3) is 5.91 Å². The number of esters is 1. The molecular weight excluding hydrogens is 456 g/mol. The smallest absolute Gasteiger partial charge is 0.302 e. The summed E-state index contributed by atoms with van der Waals surface area (Å²) in [5, 5.41) is 2.77. The standard InChI is InChI=1S/C25H25F2N5O3/c1-13(33)35-22-8-5-14(11-19(22)29)15-9-10-30-12-21(15)32-25(34)24-18(28)6-7-20(31-24)23-16(26)3-2-4-17(23)27/h2-4,6-7,9-10,12,14,19,22H,5,8,11,28-29H2,1H3,(H,32,34)/t14-,19-,22+/m1/s1. The Bertz CT molecular complexity index is 1250. The van der Waals surface area contributed by atoms with E-state index in [4.69, 9.17) is 16.2 Å². The highest BCUT2D eigenvalue weighted by Crippen LogP contribution is 2.37. The van der Waals surface area contributed by atoms with Crippen LogP contribution in [0.25, 0.3) is 11.3 Å². The number of amides is 1. The van der Waals surface area contributed by atoms with Crippen LogP contribution >= 0.6 is 0 Å². The third-order valence-electron chi connectivity index (χ3n) is 6.05. The van der Waals surface area contributed by atoms with Gasteiger partial charge >= 0.3 is 5.97 Å². The molecule has 1 aliphatic carbocycles. The number of benzene rings is 1. The average molecular weight is 482 g/mol. The number of carbonyl (C=O) groups is 2. The molecule has 1 saturated carbocycles. The number of nitrogens with two attached hydrogens (primary N) is 2. The Morgan fingerprint density at radius 2 is 1.86 bits per heavy atom. The summed E-state index contributed by atoms with van der Waals surface area (Å²) in [6, 6.07) is 7.64. The second kappa shape index (κ2) is 10.1. The Labute approximate surface area is 200 Å². The van der Waals surface area contributed by atoms with Gasteiger partial charge in [0.05, 0.1) is 28.8 Å². The molecular formula is C25H25F2N5O3. The number of rotatable bonds is 5. The largest absolute Gasteiger partial charge is 0.461 e. The fraction of sp³-hybridized carbons (Fsp3) is 0.280. The van der Waals surface area contributed by atoms with E-state index < -0.39 is 17.5 Å². The highest BCUT2D eigenvalue weighted by Gasteiger charge is 2.32. The van der Waals surface area contributed by atoms with Gasteiger partial charge in [-0.2, -0.15) is 0 Å². The topological polar surface area (TPSA) is 133 Å². The molecule has 0 spiro atoms. The first kappa shape index (κ1) is 24.2. The number of anilines is 2. The molecule has 182 valence electrons. The molecule has 0 saturated heterocycles. The summed E-state index contributed by atoms with van der Waals surface area (Å²) in [5.74, 6) is -2.62. The van der Waals surface area contributed by atoms with Gasteiger partial charge in [-0.1, -0.05) is 6.07 Å². The number of nitrogens with one attached hydrogen (secondary N) is 1. The van der Waals surface area contributed by atoms with Crippen LogP contribution in [-0.2, 0) is 9.53 Å². The van der Waals surface area contributed by atoms with Gasteiger partial charge in [0.1, 0.15) is 17.7 Å². The summed E-state index contributed by atoms with van der Waals surface area (Å²) in [7, 11) is 0. The van der Waals surface area contributed by atoms with Crippen molar-refractivity contribution < 1.29 is 23.1 Å². The number of carbonyl (C=O) groups excluding carboxylic acids is 2. The molecule has 35 heavy (non-hydrogen) atoms. The first-order chi connectivity index (χ1) is 16.7. The van der Waals surface area contributed by atoms with E-state index in [0.717, 1.165) is 17.7 Å². The van der Waals surface area contributed by atoms with Crippen LogP contribution in [0.5, 0.6) is 0 Å². The number of pyridine rings is 2. The molecule has 10 heteroatoms. The summed E-state index contributed by atoms with van der Waals surface area (Å²) in [6.45, 7) is 1.35. The molecule has 8 nitrogen and oxygen atoms in total. The zero-order chi connectivity index (χ0) is 25.1. The van der Waals surface area contributed by atoms with E-state index in [1.54, 1.807) is 12.3 Å². The lowest BCUT2D eigenvalue weighted by molar-refractivity contribution is -0.148. The molecule has 3 aromatic rings. The van der Waals surface area contributed by atoms with Gasteiger partial charge in [0.15, 0.2) is 5.69 Å². The minimum atomic E-state index is -0.802. The van der Waals surface area contributed by atoms with Gasteiger partial charge in [-0.05, 0) is 61.1 Å². The van der Waals surface area contributed by atoms with Crippen LogP contribution in [0.4, 0.5) is 20.2 Å². The molecule has 1 aliphatic rings. The van der Waals surface area contributed by atoms with Crippen molar-refractivity contribution in [1.29, 1.82) is 0 Å². The number of hydrogen-bond donors (Lipinski definition) is 3. The van der Waals surface area contributed by atoms with Crippen LogP contribution in [0.2, 0.25) is 0 Å². The van der Waals surface area contributed by atoms with Crippen LogP contribution in [0.3, 0.4) is 0 Å². The average Bonchev–Trinajstić information content (AvgIpc) is 2.81. The van der Waals surface area contributed by atoms with Crippen molar-refractivity contribution in [2.75, 3.05) is 11.1 Å². The van der Waals surface area contributed by atoms with Crippen molar-refractivity contribution in [3.05, 3.63) is 71.7 Å². The molecule has 2 aromatic heterocycles. The number of nitrogens with zero attached hydrogens (tertiary/aromatic N) is 2. The number of halogens is 2. The number of ether oxygens (including phenoxy) is 1. The lowest BCUT2D eigenvalue weighted by Crippen LogP contribution is -2.42. The maximum Gasteiger partial charge on any atom is 0.302 e. The van der Waals surface area contributed by atoms with Crippen LogP contribution in [-0.4, -0.2) is 34.0 Å². The van der Waals surface area contributed by atoms with Gasteiger partial charge in [-0.25, -0.2) is 13.8 Å². The molecule has 0 aliphatic heterocycles. The molecule has 2 heterocycles. The summed E-state index contributed by atoms with van der Waals surface area (Å²) >= 11 is 0. The van der Waals surface area contributed by atoms with Crippen molar-refractivity contribution in [3.63, 3.8) is 0 Å². The quantitative estimate of drug-likeness (QED) is 0.472. The van der Waals surface area contributed by atoms with Gasteiger partial charge in [-0.3, -0.25) is 14.6 Å². The van der Waals surface area contributed by atoms with Crippen LogP contribution < -0.4 is 16.8 Å². The van der Waals surface area contributed by atoms with Crippen molar-refractivity contribution in [3.8, 4) is 11.3 Å². The van der Waals surface area contributed by atoms with Gasteiger partial charge in [0, 0.05) is 19.2 Å². The summed E-state index contributed by atoms with van der Waals surface area (Å²) in [4.78, 5) is 32.7. The molecule has 0 radical (unpaired) electrons. The van der Waals surface area contributed by atoms with E-state index in [9.17, 15) is 18.4 Å². The Kier molecular flexibility index (Phi) is 7.02. The minimum Gasteiger partial charge on any atom is -0.461 e. The molecule has 5 N–H and O–H groups in total. The fourth-order valence-electron chi connectivity index (χ4n) is 4.40. The summed E-state index contributed by atoms with van der Waals surface area (Å²) in [5.41, 5.74) is 13.0. The number of hydrogen-bond acceptors (Lipinski definition) is 7. The molecule has 1 fully saturated rings. The van der Waals surface area contributed by atoms with Gasteiger partial charge < -0.3 is 21.5 Å². The molecule has 3 atom stereocenters. The van der Waals surface area contributed by atoms with E-state index >= 15 is 0 Å². The highest BCUT2D eigenvalue weighted by molar-refractivity contribution is 6.06. The second-order valence-electron chi connectivity index (χ2n) is 8.47. The summed E-state index contributed by atoms with van der Waals surface area (Å²) in [6.07, 6.45) is 4.60. The second-order valence-corrected chi connectivity index (χ2v) is 8.47. The van der Waals surface area contributed by atoms with Crippen molar-refractivity contribution in [2.45, 2.75) is 44.2 Å². The third kappa shape index (κ3) is 5.27. The highest BCUT2D eigenvalue weighted by atomic mass is 19.1. The van der Waals surface area contributed by atoms with E-state index in [1.165, 1.54) is 31.3 Å². The zero-order valence-corrected chi connectivity index (χ0v) is 19.0. The SMILES string of the molecule is CC(=O)O[C@H]1CC[C@@H](c2ccncc2NC(=O)c2nc(-c3c(F)cccc3F)ccc2N)C[C@H]1N. The molecule has 1 aromatic carbocycles. The van der Waals surface area contributed by atoms with Gasteiger partial charge in [0.2, 0.25) is 0 Å². The lowest BCUT2D eigenvalue weighted by atomic mass is 9.80. The Morgan fingerprint density at radius 3 is 2.54 bits per heavy atom. The van der Waals surface area contributed by atoms with E-state index in [0.29, 0.717) is 24.9 Å². The Balaban J connectivity index is 1.58.